The van der Waals surface area contributed by atoms with Crippen LogP contribution >= 0.6 is 0 Å². The van der Waals surface area contributed by atoms with E-state index in [2.05, 4.69) is 10.3 Å². The summed E-state index contributed by atoms with van der Waals surface area (Å²) >= 11 is 0. The van der Waals surface area contributed by atoms with Crippen molar-refractivity contribution in [1.82, 2.24) is 9.88 Å². The average Bonchev–Trinajstić information content (AvgIpc) is 2.34. The van der Waals surface area contributed by atoms with E-state index >= 15 is 0 Å². The highest BCUT2D eigenvalue weighted by Crippen LogP contribution is 2.06. The van der Waals surface area contributed by atoms with E-state index in [0.29, 0.717) is 18.7 Å². The van der Waals surface area contributed by atoms with Crippen LogP contribution < -0.4 is 5.32 Å². The van der Waals surface area contributed by atoms with Crippen molar-refractivity contribution in [3.8, 4) is 0 Å². The van der Waals surface area contributed by atoms with Gasteiger partial charge in [0.2, 0.25) is 0 Å². The summed E-state index contributed by atoms with van der Waals surface area (Å²) in [7, 11) is 3.44. The molecule has 0 aliphatic rings. The molecule has 1 aromatic heterocycles. The van der Waals surface area contributed by atoms with Crippen LogP contribution in [-0.4, -0.2) is 49.1 Å². The van der Waals surface area contributed by atoms with E-state index in [-0.39, 0.29) is 12.0 Å². The standard InChI is InChI=1S/C13H21N3O2/c1-10(2)18-8-7-14-12-6-5-11(9-15-12)13(17)16(3)4/h5-6,9-10H,7-8H2,1-4H3,(H,14,15). The molecule has 0 atom stereocenters. The van der Waals surface area contributed by atoms with Gasteiger partial charge in [-0.2, -0.15) is 0 Å². The van der Waals surface area contributed by atoms with Crippen molar-refractivity contribution >= 4 is 11.7 Å². The summed E-state index contributed by atoms with van der Waals surface area (Å²) in [5, 5.41) is 3.13. The molecule has 18 heavy (non-hydrogen) atoms. The molecule has 0 saturated carbocycles. The van der Waals surface area contributed by atoms with Crippen molar-refractivity contribution in [3.05, 3.63) is 23.9 Å². The second-order valence-electron chi connectivity index (χ2n) is 4.48. The maximum Gasteiger partial charge on any atom is 0.254 e. The first-order chi connectivity index (χ1) is 8.50. The molecule has 1 rings (SSSR count). The molecular weight excluding hydrogens is 230 g/mol. The lowest BCUT2D eigenvalue weighted by molar-refractivity contribution is 0.0826. The number of anilines is 1. The zero-order valence-corrected chi connectivity index (χ0v) is 11.4. The number of nitrogens with zero attached hydrogens (tertiary/aromatic N) is 2. The molecular formula is C13H21N3O2. The van der Waals surface area contributed by atoms with E-state index in [9.17, 15) is 4.79 Å². The number of ether oxygens (including phenoxy) is 1. The third-order valence-electron chi connectivity index (χ3n) is 2.28. The van der Waals surface area contributed by atoms with Crippen molar-refractivity contribution in [2.75, 3.05) is 32.6 Å². The van der Waals surface area contributed by atoms with Crippen LogP contribution in [0, 0.1) is 0 Å². The zero-order chi connectivity index (χ0) is 13.5. The minimum Gasteiger partial charge on any atom is -0.377 e. The minimum absolute atomic E-state index is 0.0443. The van der Waals surface area contributed by atoms with Gasteiger partial charge in [0.05, 0.1) is 18.3 Å². The summed E-state index contributed by atoms with van der Waals surface area (Å²) in [6.07, 6.45) is 1.81. The fraction of sp³-hybridized carbons (Fsp3) is 0.538. The number of nitrogens with one attached hydrogen (secondary N) is 1. The quantitative estimate of drug-likeness (QED) is 0.781. The predicted molar refractivity (Wildman–Crippen MR) is 71.8 cm³/mol. The van der Waals surface area contributed by atoms with E-state index in [1.165, 1.54) is 4.90 Å². The maximum atomic E-state index is 11.6. The van der Waals surface area contributed by atoms with Crippen molar-refractivity contribution in [1.29, 1.82) is 0 Å². The summed E-state index contributed by atoms with van der Waals surface area (Å²) < 4.78 is 5.41. The molecule has 1 aromatic rings. The molecule has 0 aromatic carbocycles. The van der Waals surface area contributed by atoms with Crippen molar-refractivity contribution in [2.45, 2.75) is 20.0 Å². The summed E-state index contributed by atoms with van der Waals surface area (Å²) in [5.41, 5.74) is 0.587. The molecule has 1 heterocycles. The Morgan fingerprint density at radius 3 is 2.67 bits per heavy atom. The van der Waals surface area contributed by atoms with Crippen LogP contribution in [0.5, 0.6) is 0 Å². The van der Waals surface area contributed by atoms with Crippen molar-refractivity contribution < 1.29 is 9.53 Å². The van der Waals surface area contributed by atoms with Gasteiger partial charge in [-0.1, -0.05) is 0 Å². The van der Waals surface area contributed by atoms with Crippen LogP contribution in [0.2, 0.25) is 0 Å². The molecule has 1 N–H and O–H groups in total. The topological polar surface area (TPSA) is 54.5 Å². The normalized spacial score (nSPS) is 10.5. The van der Waals surface area contributed by atoms with E-state index in [1.54, 1.807) is 32.4 Å². The molecule has 0 aliphatic heterocycles. The van der Waals surface area contributed by atoms with Crippen LogP contribution in [0.1, 0.15) is 24.2 Å². The van der Waals surface area contributed by atoms with Gasteiger partial charge in [0, 0.05) is 26.8 Å². The Hall–Kier alpha value is -1.62. The lowest BCUT2D eigenvalue weighted by Gasteiger charge is -2.11. The van der Waals surface area contributed by atoms with Crippen molar-refractivity contribution in [3.63, 3.8) is 0 Å². The van der Waals surface area contributed by atoms with Gasteiger partial charge in [-0.25, -0.2) is 4.98 Å². The Labute approximate surface area is 108 Å². The molecule has 5 nitrogen and oxygen atoms in total. The van der Waals surface area contributed by atoms with Gasteiger partial charge in [-0.15, -0.1) is 0 Å². The first kappa shape index (κ1) is 14.4. The summed E-state index contributed by atoms with van der Waals surface area (Å²) in [6, 6.07) is 3.56. The first-order valence-corrected chi connectivity index (χ1v) is 6.04. The number of pyridine rings is 1. The highest BCUT2D eigenvalue weighted by atomic mass is 16.5. The van der Waals surface area contributed by atoms with Crippen LogP contribution in [0.15, 0.2) is 18.3 Å². The fourth-order valence-electron chi connectivity index (χ4n) is 1.36. The zero-order valence-electron chi connectivity index (χ0n) is 11.4. The van der Waals surface area contributed by atoms with E-state index in [1.807, 2.05) is 13.8 Å². The molecule has 0 radical (unpaired) electrons. The number of hydrogen-bond acceptors (Lipinski definition) is 4. The lowest BCUT2D eigenvalue weighted by atomic mass is 10.2. The smallest absolute Gasteiger partial charge is 0.254 e. The number of hydrogen-bond donors (Lipinski definition) is 1. The van der Waals surface area contributed by atoms with Gasteiger partial charge in [0.25, 0.3) is 5.91 Å². The summed E-state index contributed by atoms with van der Waals surface area (Å²) in [6.45, 7) is 5.34. The molecule has 0 spiro atoms. The Morgan fingerprint density at radius 2 is 2.17 bits per heavy atom. The molecule has 5 heteroatoms. The second kappa shape index (κ2) is 6.96. The number of carbonyl (C=O) groups excluding carboxylic acids is 1. The first-order valence-electron chi connectivity index (χ1n) is 6.04. The van der Waals surface area contributed by atoms with E-state index in [4.69, 9.17) is 4.74 Å². The molecule has 0 aliphatic carbocycles. The monoisotopic (exact) mass is 251 g/mol. The van der Waals surface area contributed by atoms with Gasteiger partial charge in [-0.3, -0.25) is 4.79 Å². The van der Waals surface area contributed by atoms with Gasteiger partial charge >= 0.3 is 0 Å². The van der Waals surface area contributed by atoms with E-state index < -0.39 is 0 Å². The molecule has 0 fully saturated rings. The number of rotatable bonds is 6. The Balaban J connectivity index is 2.43. The summed E-state index contributed by atoms with van der Waals surface area (Å²) in [5.74, 6) is 0.704. The van der Waals surface area contributed by atoms with Gasteiger partial charge in [-0.05, 0) is 26.0 Å². The van der Waals surface area contributed by atoms with Crippen LogP contribution in [0.3, 0.4) is 0 Å². The van der Waals surface area contributed by atoms with Gasteiger partial charge in [0.15, 0.2) is 0 Å². The average molecular weight is 251 g/mol. The maximum absolute atomic E-state index is 11.6. The van der Waals surface area contributed by atoms with Gasteiger partial charge in [0.1, 0.15) is 5.82 Å². The Kier molecular flexibility index (Phi) is 5.58. The second-order valence-corrected chi connectivity index (χ2v) is 4.48. The lowest BCUT2D eigenvalue weighted by Crippen LogP contribution is -2.21. The molecule has 100 valence electrons. The third kappa shape index (κ3) is 4.71. The minimum atomic E-state index is -0.0443. The molecule has 0 saturated heterocycles. The van der Waals surface area contributed by atoms with Crippen LogP contribution in [-0.2, 0) is 4.74 Å². The highest BCUT2D eigenvalue weighted by Gasteiger charge is 2.07. The SMILES string of the molecule is CC(C)OCCNc1ccc(C(=O)N(C)C)cn1. The predicted octanol–water partition coefficient (Wildman–Crippen LogP) is 1.62. The Morgan fingerprint density at radius 1 is 1.44 bits per heavy atom. The Bertz CT molecular complexity index is 374. The number of aromatic nitrogens is 1. The molecule has 0 bridgehead atoms. The molecule has 0 unspecified atom stereocenters. The van der Waals surface area contributed by atoms with E-state index in [0.717, 1.165) is 5.82 Å². The largest absolute Gasteiger partial charge is 0.377 e. The highest BCUT2D eigenvalue weighted by molar-refractivity contribution is 5.93. The number of amides is 1. The van der Waals surface area contributed by atoms with Crippen molar-refractivity contribution in [2.24, 2.45) is 0 Å². The van der Waals surface area contributed by atoms with Crippen LogP contribution in [0.25, 0.3) is 0 Å². The third-order valence-corrected chi connectivity index (χ3v) is 2.28. The summed E-state index contributed by atoms with van der Waals surface area (Å²) in [4.78, 5) is 17.3. The van der Waals surface area contributed by atoms with Crippen LogP contribution in [0.4, 0.5) is 5.82 Å². The fourth-order valence-corrected chi connectivity index (χ4v) is 1.36. The molecule has 1 amide bonds. The van der Waals surface area contributed by atoms with Gasteiger partial charge < -0.3 is 15.0 Å². The number of carbonyl (C=O) groups is 1.